The Bertz CT molecular complexity index is 244. The number of carboxylic acid groups (broad SMARTS) is 1. The van der Waals surface area contributed by atoms with Gasteiger partial charge in [0.15, 0.2) is 18.1 Å². The van der Waals surface area contributed by atoms with Gasteiger partial charge in [0.25, 0.3) is 0 Å². The summed E-state index contributed by atoms with van der Waals surface area (Å²) in [6, 6.07) is 0. The van der Waals surface area contributed by atoms with Gasteiger partial charge in [-0.2, -0.15) is 0 Å². The largest absolute Gasteiger partial charge is 0.478 e. The van der Waals surface area contributed by atoms with Crippen LogP contribution in [0.1, 0.15) is 20.3 Å². The molecule has 88 valence electrons. The van der Waals surface area contributed by atoms with Crippen LogP contribution in [0.4, 0.5) is 0 Å². The van der Waals surface area contributed by atoms with Crippen molar-refractivity contribution in [2.45, 2.75) is 45.5 Å². The molecule has 0 aromatic carbocycles. The molecule has 0 spiro atoms. The molecule has 0 aromatic rings. The highest BCUT2D eigenvalue weighted by Gasteiger charge is 2.16. The van der Waals surface area contributed by atoms with Crippen molar-refractivity contribution in [1.29, 1.82) is 0 Å². The normalized spacial score (nSPS) is 15.9. The van der Waals surface area contributed by atoms with E-state index in [9.17, 15) is 4.79 Å². The average Bonchev–Trinajstić information content (AvgIpc) is 2.10. The number of allylic oxidation sites excluding steroid dienone is 1. The van der Waals surface area contributed by atoms with Crippen molar-refractivity contribution in [2.75, 3.05) is 0 Å². The predicted molar refractivity (Wildman–Crippen MR) is 68.4 cm³/mol. The molecule has 0 bridgehead atoms. The van der Waals surface area contributed by atoms with E-state index in [4.69, 9.17) is 9.22 Å². The molecular weight excluding hydrogens is 224 g/mol. The zero-order valence-corrected chi connectivity index (χ0v) is 12.7. The summed E-state index contributed by atoms with van der Waals surface area (Å²) >= 11 is 0. The summed E-state index contributed by atoms with van der Waals surface area (Å²) in [6.45, 7) is 10.2. The lowest BCUT2D eigenvalue weighted by Crippen LogP contribution is -2.29. The molecule has 1 unspecified atom stereocenters. The molecule has 0 saturated carbocycles. The zero-order valence-electron chi connectivity index (χ0n) is 10.3. The molecule has 1 N–H and O–H groups in total. The van der Waals surface area contributed by atoms with Crippen molar-refractivity contribution >= 4 is 24.0 Å². The Morgan fingerprint density at radius 1 is 1.53 bits per heavy atom. The lowest BCUT2D eigenvalue weighted by molar-refractivity contribution is -0.132. The summed E-state index contributed by atoms with van der Waals surface area (Å²) in [7, 11) is -2.06. The molecule has 0 heterocycles. The van der Waals surface area contributed by atoms with Crippen LogP contribution in [0.2, 0.25) is 25.2 Å². The third-order valence-corrected chi connectivity index (χ3v) is 7.45. The summed E-state index contributed by atoms with van der Waals surface area (Å²) in [4.78, 5) is 10.7. The van der Waals surface area contributed by atoms with Gasteiger partial charge in [-0.25, -0.2) is 4.79 Å². The van der Waals surface area contributed by atoms with E-state index in [2.05, 4.69) is 26.6 Å². The van der Waals surface area contributed by atoms with Gasteiger partial charge in [0.1, 0.15) is 0 Å². The first-order chi connectivity index (χ1) is 6.76. The number of aliphatic carboxylic acids is 1. The van der Waals surface area contributed by atoms with Crippen molar-refractivity contribution in [3.8, 4) is 0 Å². The first-order valence-corrected chi connectivity index (χ1v) is 10.1. The van der Waals surface area contributed by atoms with Gasteiger partial charge in [0.2, 0.25) is 0 Å². The second-order valence-corrected chi connectivity index (χ2v) is 11.5. The second kappa shape index (κ2) is 6.24. The van der Waals surface area contributed by atoms with Gasteiger partial charge < -0.3 is 9.22 Å². The van der Waals surface area contributed by atoms with Crippen molar-refractivity contribution in [3.63, 3.8) is 0 Å². The summed E-state index contributed by atoms with van der Waals surface area (Å²) in [5, 5.41) is 8.77. The quantitative estimate of drug-likeness (QED) is 0.577. The van der Waals surface area contributed by atoms with Crippen LogP contribution >= 0.6 is 0 Å². The molecule has 0 aliphatic carbocycles. The lowest BCUT2D eigenvalue weighted by Gasteiger charge is -2.20. The lowest BCUT2D eigenvalue weighted by atomic mass is 10.2. The number of carbonyl (C=O) groups is 1. The molecule has 0 amide bonds. The molecule has 0 saturated heterocycles. The summed E-state index contributed by atoms with van der Waals surface area (Å²) in [5.41, 5.74) is 0.793. The summed E-state index contributed by atoms with van der Waals surface area (Å²) in [6.07, 6.45) is 2.83. The maximum atomic E-state index is 10.7. The van der Waals surface area contributed by atoms with Crippen LogP contribution in [0.5, 0.6) is 0 Å². The van der Waals surface area contributed by atoms with Crippen molar-refractivity contribution in [2.24, 2.45) is 0 Å². The Kier molecular flexibility index (Phi) is 6.08. The highest BCUT2D eigenvalue weighted by Crippen LogP contribution is 2.16. The molecule has 0 aromatic heterocycles. The number of rotatable bonds is 6. The molecule has 0 aliphatic heterocycles. The molecule has 3 nitrogen and oxygen atoms in total. The van der Waals surface area contributed by atoms with E-state index in [1.54, 1.807) is 6.92 Å². The SMILES string of the molecule is CCC(C=C(C)C(=O)O)[SiH2]O[Si](C)(C)C. The van der Waals surface area contributed by atoms with Gasteiger partial charge in [-0.15, -0.1) is 0 Å². The first kappa shape index (κ1) is 14.6. The standard InChI is InChI=1S/C10H22O3Si2/c1-6-9(7-8(2)10(11)12)14-13-15(3,4)5/h7,9H,6,14H2,1-5H3,(H,11,12). The van der Waals surface area contributed by atoms with E-state index in [-0.39, 0.29) is 0 Å². The molecular formula is C10H22O3Si2. The van der Waals surface area contributed by atoms with Gasteiger partial charge in [0, 0.05) is 5.57 Å². The summed E-state index contributed by atoms with van der Waals surface area (Å²) < 4.78 is 5.90. The Hall–Kier alpha value is -0.396. The molecule has 0 fully saturated rings. The van der Waals surface area contributed by atoms with E-state index in [1.807, 2.05) is 6.08 Å². The number of hydrogen-bond acceptors (Lipinski definition) is 2. The smallest absolute Gasteiger partial charge is 0.330 e. The summed E-state index contributed by atoms with van der Waals surface area (Å²) in [5.74, 6) is -0.824. The fourth-order valence-electron chi connectivity index (χ4n) is 1.07. The maximum Gasteiger partial charge on any atom is 0.330 e. The van der Waals surface area contributed by atoms with Crippen LogP contribution in [-0.4, -0.2) is 29.2 Å². The predicted octanol–water partition coefficient (Wildman–Crippen LogP) is 2.15. The van der Waals surface area contributed by atoms with Gasteiger partial charge in [-0.05, 0) is 32.1 Å². The van der Waals surface area contributed by atoms with Gasteiger partial charge in [0.05, 0.1) is 0 Å². The second-order valence-electron chi connectivity index (χ2n) is 4.75. The van der Waals surface area contributed by atoms with Crippen molar-refractivity contribution in [1.82, 2.24) is 0 Å². The topological polar surface area (TPSA) is 46.5 Å². The maximum absolute atomic E-state index is 10.7. The fraction of sp³-hybridized carbons (Fsp3) is 0.700. The minimum atomic E-state index is -1.43. The molecule has 5 heteroatoms. The minimum absolute atomic E-state index is 0.354. The highest BCUT2D eigenvalue weighted by atomic mass is 28.4. The van der Waals surface area contributed by atoms with Crippen molar-refractivity contribution in [3.05, 3.63) is 11.6 Å². The van der Waals surface area contributed by atoms with E-state index in [0.29, 0.717) is 11.1 Å². The van der Waals surface area contributed by atoms with Gasteiger partial charge in [-0.1, -0.05) is 19.4 Å². The third kappa shape index (κ3) is 7.52. The Morgan fingerprint density at radius 3 is 2.40 bits per heavy atom. The van der Waals surface area contributed by atoms with Crippen LogP contribution in [-0.2, 0) is 8.91 Å². The van der Waals surface area contributed by atoms with Gasteiger partial charge >= 0.3 is 5.97 Å². The van der Waals surface area contributed by atoms with Crippen LogP contribution in [0.15, 0.2) is 11.6 Å². The molecule has 15 heavy (non-hydrogen) atoms. The van der Waals surface area contributed by atoms with E-state index in [1.165, 1.54) is 0 Å². The fourth-order valence-corrected chi connectivity index (χ4v) is 4.61. The van der Waals surface area contributed by atoms with Crippen LogP contribution in [0, 0.1) is 0 Å². The number of hydrogen-bond donors (Lipinski definition) is 1. The molecule has 1 atom stereocenters. The molecule has 0 aliphatic rings. The average molecular weight is 246 g/mol. The highest BCUT2D eigenvalue weighted by molar-refractivity contribution is 6.74. The first-order valence-electron chi connectivity index (χ1n) is 5.32. The van der Waals surface area contributed by atoms with E-state index < -0.39 is 24.0 Å². The van der Waals surface area contributed by atoms with Gasteiger partial charge in [-0.3, -0.25) is 0 Å². The third-order valence-electron chi connectivity index (χ3n) is 2.08. The van der Waals surface area contributed by atoms with Crippen LogP contribution in [0.3, 0.4) is 0 Å². The minimum Gasteiger partial charge on any atom is -0.478 e. The number of carboxylic acids is 1. The van der Waals surface area contributed by atoms with E-state index >= 15 is 0 Å². The van der Waals surface area contributed by atoms with E-state index in [0.717, 1.165) is 6.42 Å². The Labute approximate surface area is 95.6 Å². The van der Waals surface area contributed by atoms with Crippen LogP contribution < -0.4 is 0 Å². The van der Waals surface area contributed by atoms with Crippen LogP contribution in [0.25, 0.3) is 0 Å². The van der Waals surface area contributed by atoms with Crippen molar-refractivity contribution < 1.29 is 14.0 Å². The monoisotopic (exact) mass is 246 g/mol. The Balaban J connectivity index is 4.27. The molecule has 0 rings (SSSR count). The Morgan fingerprint density at radius 2 is 2.07 bits per heavy atom. The zero-order chi connectivity index (χ0) is 12.1. The molecule has 0 radical (unpaired) electrons.